The van der Waals surface area contributed by atoms with Crippen molar-refractivity contribution in [1.29, 1.82) is 0 Å². The van der Waals surface area contributed by atoms with Crippen molar-refractivity contribution >= 4 is 6.08 Å². The minimum absolute atomic E-state index is 0.154. The Hall–Kier alpha value is -2.38. The van der Waals surface area contributed by atoms with Crippen LogP contribution < -0.4 is 5.56 Å². The van der Waals surface area contributed by atoms with E-state index in [9.17, 15) is 13.6 Å². The van der Waals surface area contributed by atoms with Gasteiger partial charge in [0.05, 0.1) is 36.6 Å². The molecule has 1 aliphatic heterocycles. The van der Waals surface area contributed by atoms with E-state index in [0.29, 0.717) is 23.7 Å². The highest BCUT2D eigenvalue weighted by Gasteiger charge is 2.31. The van der Waals surface area contributed by atoms with E-state index >= 15 is 0 Å². The average molecular weight is 376 g/mol. The number of hydrogen-bond acceptors (Lipinski definition) is 4. The smallest absolute Gasteiger partial charge is 0.260 e. The topological polar surface area (TPSA) is 53.4 Å². The number of rotatable bonds is 7. The van der Waals surface area contributed by atoms with Gasteiger partial charge in [-0.3, -0.25) is 9.36 Å². The molecule has 5 nitrogen and oxygen atoms in total. The summed E-state index contributed by atoms with van der Waals surface area (Å²) >= 11 is 0. The molecule has 0 N–H and O–H groups in total. The van der Waals surface area contributed by atoms with Gasteiger partial charge in [0.15, 0.2) is 0 Å². The van der Waals surface area contributed by atoms with Crippen LogP contribution in [-0.2, 0) is 22.7 Å². The van der Waals surface area contributed by atoms with Crippen LogP contribution in [0, 0.1) is 11.6 Å². The number of aromatic nitrogens is 2. The lowest BCUT2D eigenvalue weighted by atomic mass is 10.00. The van der Waals surface area contributed by atoms with Crippen molar-refractivity contribution in [3.63, 3.8) is 0 Å². The molecule has 0 radical (unpaired) electrons. The lowest BCUT2D eigenvalue weighted by molar-refractivity contribution is 0.0378. The summed E-state index contributed by atoms with van der Waals surface area (Å²) in [7, 11) is 0. The van der Waals surface area contributed by atoms with E-state index in [1.54, 1.807) is 6.92 Å². The summed E-state index contributed by atoms with van der Waals surface area (Å²) in [5.74, 6) is -1.13. The van der Waals surface area contributed by atoms with Gasteiger partial charge in [-0.2, -0.15) is 0 Å². The molecule has 1 aliphatic rings. The van der Waals surface area contributed by atoms with E-state index < -0.39 is 23.8 Å². The molecule has 0 aliphatic carbocycles. The van der Waals surface area contributed by atoms with Gasteiger partial charge in [-0.15, -0.1) is 0 Å². The van der Waals surface area contributed by atoms with E-state index in [0.717, 1.165) is 12.5 Å². The SMILES string of the molecule is C=Cc1nc2c(c(=O)n1C(c1ccc(F)cc1F)C(C)OCCC)COC2. The molecule has 1 aromatic carbocycles. The minimum atomic E-state index is -0.823. The third-order valence-corrected chi connectivity index (χ3v) is 4.58. The van der Waals surface area contributed by atoms with Crippen molar-refractivity contribution in [2.45, 2.75) is 45.6 Å². The number of nitrogens with zero attached hydrogens (tertiary/aromatic N) is 2. The number of halogens is 2. The Morgan fingerprint density at radius 3 is 2.85 bits per heavy atom. The molecular weight excluding hydrogens is 354 g/mol. The standard InChI is InChI=1S/C20H22F2N2O3/c1-4-8-27-12(3)19(14-7-6-13(21)9-16(14)22)24-18(5-2)23-17-11-26-10-15(17)20(24)25/h5-7,9,12,19H,2,4,8,10-11H2,1,3H3. The second-order valence-electron chi connectivity index (χ2n) is 6.45. The van der Waals surface area contributed by atoms with Gasteiger partial charge in [0.1, 0.15) is 17.5 Å². The van der Waals surface area contributed by atoms with Crippen molar-refractivity contribution in [2.24, 2.45) is 0 Å². The summed E-state index contributed by atoms with van der Waals surface area (Å²) in [6, 6.07) is 2.48. The molecule has 7 heteroatoms. The van der Waals surface area contributed by atoms with Gasteiger partial charge in [0.25, 0.3) is 5.56 Å². The Balaban J connectivity index is 2.22. The quantitative estimate of drug-likeness (QED) is 0.741. The lowest BCUT2D eigenvalue weighted by Gasteiger charge is -2.28. The number of ether oxygens (including phenoxy) is 2. The molecule has 2 heterocycles. The zero-order valence-corrected chi connectivity index (χ0v) is 15.4. The van der Waals surface area contributed by atoms with Gasteiger partial charge >= 0.3 is 0 Å². The first-order chi connectivity index (χ1) is 13.0. The Kier molecular flexibility index (Phi) is 5.82. The fourth-order valence-corrected chi connectivity index (χ4v) is 3.30. The summed E-state index contributed by atoms with van der Waals surface area (Å²) in [6.07, 6.45) is 1.66. The monoisotopic (exact) mass is 376 g/mol. The van der Waals surface area contributed by atoms with Gasteiger partial charge in [0, 0.05) is 18.2 Å². The molecule has 0 amide bonds. The zero-order chi connectivity index (χ0) is 19.6. The third-order valence-electron chi connectivity index (χ3n) is 4.58. The van der Waals surface area contributed by atoms with Crippen LogP contribution in [0.5, 0.6) is 0 Å². The van der Waals surface area contributed by atoms with Crippen molar-refractivity contribution in [3.05, 3.63) is 69.4 Å². The zero-order valence-electron chi connectivity index (χ0n) is 15.4. The number of hydrogen-bond donors (Lipinski definition) is 0. The number of benzene rings is 1. The molecule has 144 valence electrons. The Morgan fingerprint density at radius 1 is 1.41 bits per heavy atom. The second kappa shape index (κ2) is 8.10. The average Bonchev–Trinajstić information content (AvgIpc) is 3.12. The first-order valence-corrected chi connectivity index (χ1v) is 8.88. The molecule has 3 rings (SSSR count). The van der Waals surface area contributed by atoms with Gasteiger partial charge in [-0.25, -0.2) is 13.8 Å². The maximum absolute atomic E-state index is 14.6. The van der Waals surface area contributed by atoms with Crippen LogP contribution in [0.2, 0.25) is 0 Å². The molecule has 0 bridgehead atoms. The van der Waals surface area contributed by atoms with Crippen molar-refractivity contribution in [1.82, 2.24) is 9.55 Å². The maximum atomic E-state index is 14.6. The van der Waals surface area contributed by atoms with Crippen LogP contribution in [-0.4, -0.2) is 22.3 Å². The largest absolute Gasteiger partial charge is 0.376 e. The lowest BCUT2D eigenvalue weighted by Crippen LogP contribution is -2.37. The predicted molar refractivity (Wildman–Crippen MR) is 97.3 cm³/mol. The molecule has 0 fully saturated rings. The molecule has 0 saturated heterocycles. The molecule has 2 atom stereocenters. The van der Waals surface area contributed by atoms with Gasteiger partial charge in [-0.1, -0.05) is 19.6 Å². The highest BCUT2D eigenvalue weighted by atomic mass is 19.1. The van der Waals surface area contributed by atoms with Crippen LogP contribution in [0.25, 0.3) is 6.08 Å². The summed E-state index contributed by atoms with van der Waals surface area (Å²) in [5, 5.41) is 0. The normalized spacial score (nSPS) is 15.4. The molecule has 27 heavy (non-hydrogen) atoms. The summed E-state index contributed by atoms with van der Waals surface area (Å²) in [5.41, 5.74) is 0.835. The first-order valence-electron chi connectivity index (χ1n) is 8.88. The van der Waals surface area contributed by atoms with Gasteiger partial charge < -0.3 is 9.47 Å². The fraction of sp³-hybridized carbons (Fsp3) is 0.400. The summed E-state index contributed by atoms with van der Waals surface area (Å²) in [4.78, 5) is 17.6. The maximum Gasteiger partial charge on any atom is 0.260 e. The molecule has 2 unspecified atom stereocenters. The van der Waals surface area contributed by atoms with Crippen LogP contribution in [0.4, 0.5) is 8.78 Å². The Morgan fingerprint density at radius 2 is 2.19 bits per heavy atom. The first kappa shape index (κ1) is 19.4. The van der Waals surface area contributed by atoms with Crippen molar-refractivity contribution in [3.8, 4) is 0 Å². The van der Waals surface area contributed by atoms with Crippen molar-refractivity contribution < 1.29 is 18.3 Å². The summed E-state index contributed by atoms with van der Waals surface area (Å²) in [6.45, 7) is 8.30. The highest BCUT2D eigenvalue weighted by Crippen LogP contribution is 2.28. The van der Waals surface area contributed by atoms with Crippen molar-refractivity contribution in [2.75, 3.05) is 6.61 Å². The van der Waals surface area contributed by atoms with Gasteiger partial charge in [-0.05, 0) is 25.5 Å². The Labute approximate surface area is 156 Å². The van der Waals surface area contributed by atoms with E-state index in [1.165, 1.54) is 22.8 Å². The van der Waals surface area contributed by atoms with Crippen LogP contribution in [0.1, 0.15) is 49.0 Å². The molecule has 0 spiro atoms. The Bertz CT molecular complexity index is 911. The molecule has 0 saturated carbocycles. The van der Waals surface area contributed by atoms with E-state index in [-0.39, 0.29) is 24.3 Å². The van der Waals surface area contributed by atoms with E-state index in [1.807, 2.05) is 6.92 Å². The third kappa shape index (κ3) is 3.70. The second-order valence-corrected chi connectivity index (χ2v) is 6.45. The molecule has 2 aromatic rings. The molecular formula is C20H22F2N2O3. The predicted octanol–water partition coefficient (Wildman–Crippen LogP) is 3.60. The van der Waals surface area contributed by atoms with Crippen LogP contribution in [0.3, 0.4) is 0 Å². The highest BCUT2D eigenvalue weighted by molar-refractivity contribution is 5.41. The molecule has 1 aromatic heterocycles. The van der Waals surface area contributed by atoms with E-state index in [2.05, 4.69) is 11.6 Å². The van der Waals surface area contributed by atoms with E-state index in [4.69, 9.17) is 9.47 Å². The number of fused-ring (bicyclic) bond motifs is 1. The fourth-order valence-electron chi connectivity index (χ4n) is 3.30. The van der Waals surface area contributed by atoms with Gasteiger partial charge in [0.2, 0.25) is 0 Å². The van der Waals surface area contributed by atoms with Crippen LogP contribution in [0.15, 0.2) is 29.6 Å². The van der Waals surface area contributed by atoms with Crippen LogP contribution >= 0.6 is 0 Å². The minimum Gasteiger partial charge on any atom is -0.376 e. The summed E-state index contributed by atoms with van der Waals surface area (Å²) < 4.78 is 40.6.